The minimum Gasteiger partial charge on any atom is -0.441 e. The molecule has 1 aliphatic heterocycles. The summed E-state index contributed by atoms with van der Waals surface area (Å²) >= 11 is 2.99. The van der Waals surface area contributed by atoms with Gasteiger partial charge in [0.05, 0.1) is 9.58 Å². The molecule has 0 saturated carbocycles. The van der Waals surface area contributed by atoms with Crippen molar-refractivity contribution in [2.75, 3.05) is 30.4 Å². The topological polar surface area (TPSA) is 100 Å². The maximum Gasteiger partial charge on any atom is 0.265 e. The molecule has 32 heavy (non-hydrogen) atoms. The molecule has 1 fully saturated rings. The van der Waals surface area contributed by atoms with Gasteiger partial charge in [0.2, 0.25) is 5.91 Å². The van der Waals surface area contributed by atoms with Crippen LogP contribution in [0.2, 0.25) is 0 Å². The van der Waals surface area contributed by atoms with Gasteiger partial charge in [0.25, 0.3) is 5.91 Å². The van der Waals surface area contributed by atoms with E-state index in [-0.39, 0.29) is 17.7 Å². The quantitative estimate of drug-likeness (QED) is 0.459. The number of thiazole rings is 1. The Balaban J connectivity index is 1.28. The van der Waals surface area contributed by atoms with E-state index in [0.29, 0.717) is 22.0 Å². The van der Waals surface area contributed by atoms with Crippen LogP contribution in [0.25, 0.3) is 20.6 Å². The van der Waals surface area contributed by atoms with Crippen LogP contribution in [0, 0.1) is 12.8 Å². The molecule has 1 aliphatic rings. The molecule has 10 heteroatoms. The van der Waals surface area contributed by atoms with E-state index >= 15 is 0 Å². The number of nitrogens with one attached hydrogen (secondary N) is 2. The highest BCUT2D eigenvalue weighted by atomic mass is 32.1. The Morgan fingerprint density at radius 1 is 1.16 bits per heavy atom. The fraction of sp³-hybridized carbons (Fsp3) is 0.364. The van der Waals surface area contributed by atoms with E-state index in [1.54, 1.807) is 31.4 Å². The lowest BCUT2D eigenvalue weighted by Crippen LogP contribution is -2.29. The summed E-state index contributed by atoms with van der Waals surface area (Å²) in [5.41, 5.74) is 2.09. The SMILES string of the molecule is CNC(=O)C1CCCN(c2nc3sc(C(=O)Nc4ccc5oc(C)nc5c4)cc3s2)CC1. The van der Waals surface area contributed by atoms with Crippen molar-refractivity contribution in [3.8, 4) is 0 Å². The Morgan fingerprint density at radius 2 is 2.03 bits per heavy atom. The predicted molar refractivity (Wildman–Crippen MR) is 128 cm³/mol. The van der Waals surface area contributed by atoms with E-state index in [1.807, 2.05) is 18.2 Å². The third kappa shape index (κ3) is 4.07. The number of anilines is 2. The molecule has 1 saturated heterocycles. The maximum absolute atomic E-state index is 12.8. The second kappa shape index (κ2) is 8.51. The molecule has 0 spiro atoms. The van der Waals surface area contributed by atoms with Crippen LogP contribution < -0.4 is 15.5 Å². The van der Waals surface area contributed by atoms with Crippen LogP contribution in [0.4, 0.5) is 10.8 Å². The number of aryl methyl sites for hydroxylation is 1. The summed E-state index contributed by atoms with van der Waals surface area (Å²) in [6.45, 7) is 3.51. The molecular weight excluding hydrogens is 446 g/mol. The Morgan fingerprint density at radius 3 is 2.84 bits per heavy atom. The molecule has 0 radical (unpaired) electrons. The molecule has 3 aromatic heterocycles. The number of benzene rings is 1. The van der Waals surface area contributed by atoms with E-state index in [4.69, 9.17) is 9.40 Å². The van der Waals surface area contributed by atoms with Gasteiger partial charge in [-0.25, -0.2) is 9.97 Å². The summed E-state index contributed by atoms with van der Waals surface area (Å²) in [6, 6.07) is 7.33. The lowest BCUT2D eigenvalue weighted by molar-refractivity contribution is -0.124. The number of carbonyl (C=O) groups excluding carboxylic acids is 2. The molecule has 0 aliphatic carbocycles. The van der Waals surface area contributed by atoms with Gasteiger partial charge >= 0.3 is 0 Å². The number of fused-ring (bicyclic) bond motifs is 2. The Bertz CT molecular complexity index is 1280. The summed E-state index contributed by atoms with van der Waals surface area (Å²) in [6.07, 6.45) is 2.70. The monoisotopic (exact) mass is 469 g/mol. The van der Waals surface area contributed by atoms with Crippen LogP contribution in [0.5, 0.6) is 0 Å². The first-order valence-corrected chi connectivity index (χ1v) is 12.2. The van der Waals surface area contributed by atoms with Crippen LogP contribution in [0.1, 0.15) is 34.8 Å². The molecule has 4 aromatic rings. The first kappa shape index (κ1) is 20.9. The summed E-state index contributed by atoms with van der Waals surface area (Å²) < 4.78 is 6.49. The number of hydrogen-bond acceptors (Lipinski definition) is 8. The number of hydrogen-bond donors (Lipinski definition) is 2. The van der Waals surface area contributed by atoms with Gasteiger partial charge < -0.3 is 20.0 Å². The summed E-state index contributed by atoms with van der Waals surface area (Å²) in [5.74, 6) is 0.629. The van der Waals surface area contributed by atoms with E-state index in [9.17, 15) is 9.59 Å². The zero-order valence-corrected chi connectivity index (χ0v) is 19.4. The third-order valence-corrected chi connectivity index (χ3v) is 7.89. The third-order valence-electron chi connectivity index (χ3n) is 5.67. The maximum atomic E-state index is 12.8. The highest BCUT2D eigenvalue weighted by Crippen LogP contribution is 2.36. The van der Waals surface area contributed by atoms with E-state index < -0.39 is 0 Å². The van der Waals surface area contributed by atoms with Crippen molar-refractivity contribution in [1.82, 2.24) is 15.3 Å². The normalized spacial score (nSPS) is 16.9. The number of amides is 2. The second-order valence-corrected chi connectivity index (χ2v) is 9.91. The van der Waals surface area contributed by atoms with Gasteiger partial charge in [-0.1, -0.05) is 11.3 Å². The van der Waals surface area contributed by atoms with Crippen molar-refractivity contribution in [3.63, 3.8) is 0 Å². The number of oxazole rings is 1. The van der Waals surface area contributed by atoms with Gasteiger partial charge in [-0.05, 0) is 43.5 Å². The van der Waals surface area contributed by atoms with Crippen LogP contribution in [0.3, 0.4) is 0 Å². The van der Waals surface area contributed by atoms with Gasteiger partial charge in [0.15, 0.2) is 16.6 Å². The number of carbonyl (C=O) groups is 2. The predicted octanol–water partition coefficient (Wildman–Crippen LogP) is 4.41. The molecular formula is C22H23N5O3S2. The first-order valence-electron chi connectivity index (χ1n) is 10.6. The van der Waals surface area contributed by atoms with Gasteiger partial charge in [-0.3, -0.25) is 9.59 Å². The zero-order chi connectivity index (χ0) is 22.2. The molecule has 4 heterocycles. The Hall–Kier alpha value is -2.98. The summed E-state index contributed by atoms with van der Waals surface area (Å²) in [5, 5.41) is 6.66. The van der Waals surface area contributed by atoms with Crippen molar-refractivity contribution in [2.45, 2.75) is 26.2 Å². The number of thiophene rings is 1. The van der Waals surface area contributed by atoms with E-state index in [0.717, 1.165) is 52.5 Å². The summed E-state index contributed by atoms with van der Waals surface area (Å²) in [4.78, 5) is 37.6. The van der Waals surface area contributed by atoms with Gasteiger partial charge in [0.1, 0.15) is 10.3 Å². The van der Waals surface area contributed by atoms with Gasteiger partial charge in [-0.2, -0.15) is 0 Å². The van der Waals surface area contributed by atoms with Crippen LogP contribution in [-0.2, 0) is 4.79 Å². The number of rotatable bonds is 4. The smallest absolute Gasteiger partial charge is 0.265 e. The van der Waals surface area contributed by atoms with E-state index in [2.05, 4.69) is 20.5 Å². The molecule has 0 bridgehead atoms. The van der Waals surface area contributed by atoms with Crippen molar-refractivity contribution >= 4 is 65.9 Å². The van der Waals surface area contributed by atoms with Crippen molar-refractivity contribution in [1.29, 1.82) is 0 Å². The molecule has 8 nitrogen and oxygen atoms in total. The molecule has 5 rings (SSSR count). The zero-order valence-electron chi connectivity index (χ0n) is 17.8. The lowest BCUT2D eigenvalue weighted by Gasteiger charge is -2.19. The second-order valence-electron chi connectivity index (χ2n) is 7.88. The highest BCUT2D eigenvalue weighted by molar-refractivity contribution is 7.29. The van der Waals surface area contributed by atoms with Crippen molar-refractivity contribution in [3.05, 3.63) is 35.0 Å². The van der Waals surface area contributed by atoms with Crippen LogP contribution in [-0.4, -0.2) is 41.9 Å². The highest BCUT2D eigenvalue weighted by Gasteiger charge is 2.24. The Labute approximate surface area is 192 Å². The average Bonchev–Trinajstić information content (AvgIpc) is 3.39. The largest absolute Gasteiger partial charge is 0.441 e. The Kier molecular flexibility index (Phi) is 5.56. The van der Waals surface area contributed by atoms with Crippen LogP contribution in [0.15, 0.2) is 28.7 Å². The van der Waals surface area contributed by atoms with Crippen molar-refractivity contribution in [2.24, 2.45) is 5.92 Å². The first-order chi connectivity index (χ1) is 15.5. The minimum absolute atomic E-state index is 0.0711. The molecule has 1 atom stereocenters. The molecule has 1 unspecified atom stereocenters. The fourth-order valence-electron chi connectivity index (χ4n) is 4.04. The van der Waals surface area contributed by atoms with Crippen LogP contribution >= 0.6 is 22.7 Å². The minimum atomic E-state index is -0.162. The van der Waals surface area contributed by atoms with Gasteiger partial charge in [0, 0.05) is 38.7 Å². The molecule has 1 aromatic carbocycles. The number of aromatic nitrogens is 2. The standard InChI is InChI=1S/C22H23N5O3S2/c1-12-24-15-10-14(5-6-16(15)30-12)25-20(29)17-11-18-21(31-17)26-22(32-18)27-8-3-4-13(7-9-27)19(28)23-2/h5-6,10-11,13H,3-4,7-9H2,1-2H3,(H,23,28)(H,25,29). The van der Waals surface area contributed by atoms with Crippen molar-refractivity contribution < 1.29 is 14.0 Å². The van der Waals surface area contributed by atoms with E-state index in [1.165, 1.54) is 11.3 Å². The lowest BCUT2D eigenvalue weighted by atomic mass is 10.0. The fourth-order valence-corrected chi connectivity index (χ4v) is 6.20. The molecule has 2 amide bonds. The number of nitrogens with zero attached hydrogens (tertiary/aromatic N) is 3. The van der Waals surface area contributed by atoms with Gasteiger partial charge in [-0.15, -0.1) is 11.3 Å². The molecule has 2 N–H and O–H groups in total. The summed E-state index contributed by atoms with van der Waals surface area (Å²) in [7, 11) is 1.70. The molecule has 166 valence electrons. The average molecular weight is 470 g/mol.